The van der Waals surface area contributed by atoms with Crippen molar-refractivity contribution in [2.24, 2.45) is 0 Å². The van der Waals surface area contributed by atoms with Crippen LogP contribution in [0.1, 0.15) is 37.2 Å². The third-order valence-electron chi connectivity index (χ3n) is 6.93. The van der Waals surface area contributed by atoms with Gasteiger partial charge in [0.25, 0.3) is 0 Å². The van der Waals surface area contributed by atoms with Crippen LogP contribution in [0.4, 0.5) is 17.3 Å². The molecular weight excluding hydrogens is 440 g/mol. The number of hydrogen-bond acceptors (Lipinski definition) is 7. The fraction of sp³-hybridized carbons (Fsp3) is 0.429. The molecule has 2 aromatic carbocycles. The summed E-state index contributed by atoms with van der Waals surface area (Å²) in [4.78, 5) is 11.7. The Morgan fingerprint density at radius 1 is 0.857 bits per heavy atom. The molecule has 7 nitrogen and oxygen atoms in total. The molecule has 3 aromatic rings. The largest absolute Gasteiger partial charge is 0.490 e. The zero-order valence-electron chi connectivity index (χ0n) is 20.0. The molecule has 0 radical (unpaired) electrons. The van der Waals surface area contributed by atoms with E-state index >= 15 is 0 Å². The Balaban J connectivity index is 1.16. The van der Waals surface area contributed by atoms with Gasteiger partial charge in [0, 0.05) is 49.1 Å². The summed E-state index contributed by atoms with van der Waals surface area (Å²) in [6.07, 6.45) is 6.46. The van der Waals surface area contributed by atoms with Crippen molar-refractivity contribution >= 4 is 17.3 Å². The van der Waals surface area contributed by atoms with Crippen LogP contribution in [0, 0.1) is 0 Å². The summed E-state index contributed by atoms with van der Waals surface area (Å²) in [6, 6.07) is 16.7. The maximum absolute atomic E-state index is 6.10. The van der Waals surface area contributed by atoms with Crippen LogP contribution in [0.25, 0.3) is 11.3 Å². The number of morpholine rings is 1. The third kappa shape index (κ3) is 5.41. The van der Waals surface area contributed by atoms with Crippen LogP contribution in [-0.4, -0.2) is 55.6 Å². The van der Waals surface area contributed by atoms with Crippen molar-refractivity contribution in [2.75, 3.05) is 49.7 Å². The molecule has 3 heterocycles. The van der Waals surface area contributed by atoms with Gasteiger partial charge in [0.2, 0.25) is 5.95 Å². The van der Waals surface area contributed by atoms with Gasteiger partial charge in [-0.15, -0.1) is 0 Å². The molecule has 0 bridgehead atoms. The Morgan fingerprint density at radius 3 is 2.40 bits per heavy atom. The molecule has 1 aromatic heterocycles. The van der Waals surface area contributed by atoms with Crippen molar-refractivity contribution in [3.05, 3.63) is 60.3 Å². The summed E-state index contributed by atoms with van der Waals surface area (Å²) in [6.45, 7) is 5.06. The molecule has 2 saturated heterocycles. The lowest BCUT2D eigenvalue weighted by atomic mass is 10.1. The molecule has 0 unspecified atom stereocenters. The summed E-state index contributed by atoms with van der Waals surface area (Å²) < 4.78 is 17.1. The average molecular weight is 473 g/mol. The van der Waals surface area contributed by atoms with Crippen LogP contribution in [0.2, 0.25) is 0 Å². The fourth-order valence-electron chi connectivity index (χ4n) is 4.85. The van der Waals surface area contributed by atoms with E-state index in [0.29, 0.717) is 11.9 Å². The minimum atomic E-state index is 0.236. The maximum Gasteiger partial charge on any atom is 0.227 e. The predicted molar refractivity (Wildman–Crippen MR) is 137 cm³/mol. The van der Waals surface area contributed by atoms with Gasteiger partial charge in [-0.1, -0.05) is 0 Å². The number of rotatable bonds is 7. The van der Waals surface area contributed by atoms with Crippen molar-refractivity contribution < 1.29 is 14.2 Å². The minimum absolute atomic E-state index is 0.236. The first-order chi connectivity index (χ1) is 17.3. The summed E-state index contributed by atoms with van der Waals surface area (Å²) in [7, 11) is 0. The molecule has 1 saturated carbocycles. The van der Waals surface area contributed by atoms with E-state index in [1.165, 1.54) is 24.1 Å². The molecule has 3 aliphatic rings. The monoisotopic (exact) mass is 472 g/mol. The Hall–Kier alpha value is -3.16. The highest BCUT2D eigenvalue weighted by Crippen LogP contribution is 2.45. The molecule has 2 aliphatic heterocycles. The Morgan fingerprint density at radius 2 is 1.63 bits per heavy atom. The molecule has 0 atom stereocenters. The number of aromatic nitrogens is 2. The SMILES string of the molecule is c1cc(-c2ccc(OC3CCOCC3)cc2)nc(Nc2ccc(N3CCOCC3)c(C3CC3)c2)n1. The van der Waals surface area contributed by atoms with E-state index in [1.54, 1.807) is 6.20 Å². The lowest BCUT2D eigenvalue weighted by Gasteiger charge is -2.31. The smallest absolute Gasteiger partial charge is 0.227 e. The van der Waals surface area contributed by atoms with Gasteiger partial charge in [0.15, 0.2) is 0 Å². The van der Waals surface area contributed by atoms with Crippen molar-refractivity contribution in [3.8, 4) is 17.0 Å². The maximum atomic E-state index is 6.10. The Bertz CT molecular complexity index is 1140. The van der Waals surface area contributed by atoms with E-state index in [4.69, 9.17) is 19.2 Å². The second kappa shape index (κ2) is 10.2. The van der Waals surface area contributed by atoms with E-state index in [0.717, 1.165) is 75.1 Å². The second-order valence-corrected chi connectivity index (χ2v) is 9.49. The molecule has 7 heteroatoms. The van der Waals surface area contributed by atoms with E-state index in [1.807, 2.05) is 18.2 Å². The van der Waals surface area contributed by atoms with Gasteiger partial charge in [-0.2, -0.15) is 0 Å². The number of hydrogen-bond donors (Lipinski definition) is 1. The van der Waals surface area contributed by atoms with Crippen molar-refractivity contribution in [1.82, 2.24) is 9.97 Å². The quantitative estimate of drug-likeness (QED) is 0.509. The molecule has 0 spiro atoms. The van der Waals surface area contributed by atoms with Gasteiger partial charge in [-0.25, -0.2) is 9.97 Å². The summed E-state index contributed by atoms with van der Waals surface area (Å²) in [5.41, 5.74) is 5.72. The first kappa shape index (κ1) is 22.3. The molecule has 0 amide bonds. The van der Waals surface area contributed by atoms with Crippen LogP contribution in [0.15, 0.2) is 54.7 Å². The summed E-state index contributed by atoms with van der Waals surface area (Å²) in [5.74, 6) is 2.15. The lowest BCUT2D eigenvalue weighted by molar-refractivity contribution is 0.0256. The first-order valence-corrected chi connectivity index (χ1v) is 12.7. The fourth-order valence-corrected chi connectivity index (χ4v) is 4.85. The number of benzene rings is 2. The highest BCUT2D eigenvalue weighted by molar-refractivity contribution is 5.67. The summed E-state index contributed by atoms with van der Waals surface area (Å²) >= 11 is 0. The van der Waals surface area contributed by atoms with E-state index in [9.17, 15) is 0 Å². The van der Waals surface area contributed by atoms with E-state index in [-0.39, 0.29) is 6.10 Å². The average Bonchev–Trinajstić information content (AvgIpc) is 3.76. The van der Waals surface area contributed by atoms with Crippen LogP contribution in [0.5, 0.6) is 5.75 Å². The molecular formula is C28H32N4O3. The van der Waals surface area contributed by atoms with Gasteiger partial charge in [0.05, 0.1) is 32.1 Å². The molecule has 182 valence electrons. The van der Waals surface area contributed by atoms with Crippen molar-refractivity contribution in [1.29, 1.82) is 0 Å². The van der Waals surface area contributed by atoms with E-state index in [2.05, 4.69) is 45.5 Å². The van der Waals surface area contributed by atoms with Crippen molar-refractivity contribution in [2.45, 2.75) is 37.7 Å². The standard InChI is InChI=1S/C28H32N4O3/c1-2-20(1)25-19-22(5-8-27(25)32-13-17-34-18-14-32)30-28-29-12-9-26(31-28)21-3-6-23(7-4-21)35-24-10-15-33-16-11-24/h3-9,12,19-20,24H,1-2,10-11,13-18H2,(H,29,30,31). The number of nitrogens with zero attached hydrogens (tertiary/aromatic N) is 3. The molecule has 1 aliphatic carbocycles. The molecule has 3 fully saturated rings. The highest BCUT2D eigenvalue weighted by atomic mass is 16.5. The highest BCUT2D eigenvalue weighted by Gasteiger charge is 2.28. The third-order valence-corrected chi connectivity index (χ3v) is 6.93. The summed E-state index contributed by atoms with van der Waals surface area (Å²) in [5, 5.41) is 3.43. The zero-order chi connectivity index (χ0) is 23.5. The second-order valence-electron chi connectivity index (χ2n) is 9.49. The topological polar surface area (TPSA) is 68.7 Å². The Kier molecular flexibility index (Phi) is 6.51. The molecule has 35 heavy (non-hydrogen) atoms. The van der Waals surface area contributed by atoms with Crippen LogP contribution in [-0.2, 0) is 9.47 Å². The molecule has 1 N–H and O–H groups in total. The minimum Gasteiger partial charge on any atom is -0.490 e. The molecule has 6 rings (SSSR count). The van der Waals surface area contributed by atoms with Crippen LogP contribution >= 0.6 is 0 Å². The first-order valence-electron chi connectivity index (χ1n) is 12.7. The number of anilines is 3. The van der Waals surface area contributed by atoms with Crippen molar-refractivity contribution in [3.63, 3.8) is 0 Å². The normalized spacial score (nSPS) is 18.9. The van der Waals surface area contributed by atoms with Gasteiger partial charge in [-0.05, 0) is 72.9 Å². The van der Waals surface area contributed by atoms with Gasteiger partial charge < -0.3 is 24.4 Å². The van der Waals surface area contributed by atoms with Gasteiger partial charge in [0.1, 0.15) is 11.9 Å². The van der Waals surface area contributed by atoms with Gasteiger partial charge in [-0.3, -0.25) is 0 Å². The van der Waals surface area contributed by atoms with Crippen LogP contribution in [0.3, 0.4) is 0 Å². The number of ether oxygens (including phenoxy) is 3. The van der Waals surface area contributed by atoms with Gasteiger partial charge >= 0.3 is 0 Å². The lowest BCUT2D eigenvalue weighted by Crippen LogP contribution is -2.36. The van der Waals surface area contributed by atoms with Crippen LogP contribution < -0.4 is 15.0 Å². The number of nitrogens with one attached hydrogen (secondary N) is 1. The zero-order valence-corrected chi connectivity index (χ0v) is 20.0. The Labute approximate surface area is 206 Å². The van der Waals surface area contributed by atoms with E-state index < -0.39 is 0 Å². The predicted octanol–water partition coefficient (Wildman–Crippen LogP) is 5.16.